The summed E-state index contributed by atoms with van der Waals surface area (Å²) in [6.45, 7) is 13.0. The third-order valence-corrected chi connectivity index (χ3v) is 2.56. The summed E-state index contributed by atoms with van der Waals surface area (Å²) >= 11 is 1.74. The second kappa shape index (κ2) is 6.92. The fraction of sp³-hybridized carbons (Fsp3) is 0.300. The molecule has 1 nitrogen and oxygen atoms in total. The smallest absolute Gasteiger partial charge is 0.0752 e. The SMILES string of the molecule is C=C/C(N=C)=C(\C=C)SCCC. The first-order chi connectivity index (χ1) is 5.79. The largest absolute Gasteiger partial charge is 0.264 e. The molecule has 0 unspecified atom stereocenters. The summed E-state index contributed by atoms with van der Waals surface area (Å²) in [4.78, 5) is 4.91. The van der Waals surface area contributed by atoms with Crippen molar-refractivity contribution < 1.29 is 0 Å². The molecule has 0 radical (unpaired) electrons. The van der Waals surface area contributed by atoms with Gasteiger partial charge in [-0.2, -0.15) is 0 Å². The molecule has 0 saturated heterocycles. The molecule has 0 bridgehead atoms. The average molecular weight is 181 g/mol. The van der Waals surface area contributed by atoms with Crippen molar-refractivity contribution in [3.05, 3.63) is 35.9 Å². The van der Waals surface area contributed by atoms with Crippen molar-refractivity contribution >= 4 is 18.5 Å². The van der Waals surface area contributed by atoms with Crippen molar-refractivity contribution in [2.45, 2.75) is 13.3 Å². The van der Waals surface area contributed by atoms with Gasteiger partial charge < -0.3 is 0 Å². The predicted octanol–water partition coefficient (Wildman–Crippen LogP) is 3.41. The van der Waals surface area contributed by atoms with Crippen LogP contribution in [-0.2, 0) is 0 Å². The van der Waals surface area contributed by atoms with Crippen LogP contribution in [0.2, 0.25) is 0 Å². The van der Waals surface area contributed by atoms with Gasteiger partial charge in [-0.3, -0.25) is 4.99 Å². The van der Waals surface area contributed by atoms with E-state index in [0.29, 0.717) is 0 Å². The lowest BCUT2D eigenvalue weighted by Crippen LogP contribution is -1.81. The molecule has 0 rings (SSSR count). The Hall–Kier alpha value is -0.760. The Bertz CT molecular complexity index is 194. The monoisotopic (exact) mass is 181 g/mol. The molecule has 2 heteroatoms. The number of thioether (sulfide) groups is 1. The van der Waals surface area contributed by atoms with Crippen LogP contribution in [0.3, 0.4) is 0 Å². The Kier molecular flexibility index (Phi) is 6.48. The quantitative estimate of drug-likeness (QED) is 0.452. The van der Waals surface area contributed by atoms with Gasteiger partial charge in [0.15, 0.2) is 0 Å². The molecule has 0 saturated carbocycles. The van der Waals surface area contributed by atoms with E-state index in [0.717, 1.165) is 22.8 Å². The van der Waals surface area contributed by atoms with Gasteiger partial charge >= 0.3 is 0 Å². The highest BCUT2D eigenvalue weighted by molar-refractivity contribution is 8.03. The molecule has 0 spiro atoms. The second-order valence-electron chi connectivity index (χ2n) is 2.16. The molecular weight excluding hydrogens is 166 g/mol. The summed E-state index contributed by atoms with van der Waals surface area (Å²) in [6, 6.07) is 0. The highest BCUT2D eigenvalue weighted by atomic mass is 32.2. The summed E-state index contributed by atoms with van der Waals surface area (Å²) in [6.07, 6.45) is 4.64. The lowest BCUT2D eigenvalue weighted by Gasteiger charge is -2.02. The van der Waals surface area contributed by atoms with Gasteiger partial charge in [-0.1, -0.05) is 26.2 Å². The highest BCUT2D eigenvalue weighted by Crippen LogP contribution is 2.22. The lowest BCUT2D eigenvalue weighted by molar-refractivity contribution is 1.11. The molecule has 0 heterocycles. The zero-order valence-corrected chi connectivity index (χ0v) is 8.36. The van der Waals surface area contributed by atoms with Crippen LogP contribution in [0.1, 0.15) is 13.3 Å². The van der Waals surface area contributed by atoms with E-state index in [1.54, 1.807) is 23.9 Å². The first-order valence-electron chi connectivity index (χ1n) is 3.88. The topological polar surface area (TPSA) is 12.4 Å². The van der Waals surface area contributed by atoms with Gasteiger partial charge in [-0.15, -0.1) is 11.8 Å². The predicted molar refractivity (Wildman–Crippen MR) is 59.7 cm³/mol. The molecular formula is C10H15NS. The maximum Gasteiger partial charge on any atom is 0.0752 e. The Balaban J connectivity index is 4.45. The van der Waals surface area contributed by atoms with Crippen molar-refractivity contribution in [2.75, 3.05) is 5.75 Å². The van der Waals surface area contributed by atoms with Gasteiger partial charge in [-0.05, 0) is 25.0 Å². The minimum Gasteiger partial charge on any atom is -0.264 e. The maximum atomic E-state index is 3.85. The van der Waals surface area contributed by atoms with E-state index in [9.17, 15) is 0 Å². The number of hydrogen-bond acceptors (Lipinski definition) is 2. The zero-order valence-electron chi connectivity index (χ0n) is 7.55. The Morgan fingerprint density at radius 2 is 2.08 bits per heavy atom. The summed E-state index contributed by atoms with van der Waals surface area (Å²) in [5, 5.41) is 0. The van der Waals surface area contributed by atoms with Crippen LogP contribution in [0, 0.1) is 0 Å². The van der Waals surface area contributed by atoms with Gasteiger partial charge in [0.2, 0.25) is 0 Å². The molecule has 0 fully saturated rings. The molecule has 12 heavy (non-hydrogen) atoms. The van der Waals surface area contributed by atoms with Crippen LogP contribution >= 0.6 is 11.8 Å². The minimum absolute atomic E-state index is 0.823. The standard InChI is InChI=1S/C10H15NS/c1-5-8-12-10(7-3)9(6-2)11-4/h6-7H,2-5,8H2,1H3/b10-9-. The molecule has 0 aromatic carbocycles. The van der Waals surface area contributed by atoms with Crippen molar-refractivity contribution in [2.24, 2.45) is 4.99 Å². The summed E-state index contributed by atoms with van der Waals surface area (Å²) in [5.74, 6) is 1.08. The fourth-order valence-corrected chi connectivity index (χ4v) is 1.53. The maximum absolute atomic E-state index is 3.85. The second-order valence-corrected chi connectivity index (χ2v) is 3.30. The van der Waals surface area contributed by atoms with Crippen LogP contribution in [0.25, 0.3) is 0 Å². The number of allylic oxidation sites excluding steroid dienone is 2. The molecule has 0 atom stereocenters. The van der Waals surface area contributed by atoms with Gasteiger partial charge in [-0.25, -0.2) is 0 Å². The Morgan fingerprint density at radius 1 is 1.42 bits per heavy atom. The number of aliphatic imine (C=N–C) groups is 1. The molecule has 0 aromatic rings. The van der Waals surface area contributed by atoms with Crippen molar-refractivity contribution in [1.82, 2.24) is 0 Å². The van der Waals surface area contributed by atoms with Gasteiger partial charge in [0.25, 0.3) is 0 Å². The minimum atomic E-state index is 0.823. The van der Waals surface area contributed by atoms with E-state index in [4.69, 9.17) is 0 Å². The molecule has 66 valence electrons. The molecule has 0 N–H and O–H groups in total. The first-order valence-corrected chi connectivity index (χ1v) is 4.87. The third kappa shape index (κ3) is 3.58. The van der Waals surface area contributed by atoms with E-state index >= 15 is 0 Å². The van der Waals surface area contributed by atoms with Gasteiger partial charge in [0.1, 0.15) is 0 Å². The number of rotatable bonds is 6. The molecule has 0 aliphatic rings. The van der Waals surface area contributed by atoms with Gasteiger partial charge in [0, 0.05) is 4.91 Å². The normalized spacial score (nSPS) is 11.8. The highest BCUT2D eigenvalue weighted by Gasteiger charge is 1.97. The van der Waals surface area contributed by atoms with Crippen LogP contribution < -0.4 is 0 Å². The van der Waals surface area contributed by atoms with Gasteiger partial charge in [0.05, 0.1) is 5.70 Å². The van der Waals surface area contributed by atoms with Crippen molar-refractivity contribution in [3.8, 4) is 0 Å². The summed E-state index contributed by atoms with van der Waals surface area (Å²) < 4.78 is 0. The molecule has 0 aliphatic carbocycles. The lowest BCUT2D eigenvalue weighted by atomic mass is 10.4. The van der Waals surface area contributed by atoms with E-state index < -0.39 is 0 Å². The summed E-state index contributed by atoms with van der Waals surface area (Å²) in [7, 11) is 0. The van der Waals surface area contributed by atoms with Crippen molar-refractivity contribution in [1.29, 1.82) is 0 Å². The Labute approximate surface area is 79.0 Å². The van der Waals surface area contributed by atoms with E-state index in [1.165, 1.54) is 0 Å². The first kappa shape index (κ1) is 11.2. The van der Waals surface area contributed by atoms with E-state index in [-0.39, 0.29) is 0 Å². The summed E-state index contributed by atoms with van der Waals surface area (Å²) in [5.41, 5.74) is 0.823. The van der Waals surface area contributed by atoms with E-state index in [2.05, 4.69) is 31.8 Å². The van der Waals surface area contributed by atoms with Crippen LogP contribution in [0.4, 0.5) is 0 Å². The molecule has 0 amide bonds. The zero-order chi connectivity index (χ0) is 9.40. The van der Waals surface area contributed by atoms with Crippen molar-refractivity contribution in [3.63, 3.8) is 0 Å². The van der Waals surface area contributed by atoms with Crippen LogP contribution in [-0.4, -0.2) is 12.5 Å². The van der Waals surface area contributed by atoms with Crippen LogP contribution in [0.5, 0.6) is 0 Å². The number of nitrogens with zero attached hydrogens (tertiary/aromatic N) is 1. The number of hydrogen-bond donors (Lipinski definition) is 0. The average Bonchev–Trinajstić information content (AvgIpc) is 2.12. The van der Waals surface area contributed by atoms with Crippen LogP contribution in [0.15, 0.2) is 40.9 Å². The third-order valence-electron chi connectivity index (χ3n) is 1.26. The Morgan fingerprint density at radius 3 is 2.42 bits per heavy atom. The molecule has 0 aliphatic heterocycles. The van der Waals surface area contributed by atoms with E-state index in [1.807, 2.05) is 0 Å². The fourth-order valence-electron chi connectivity index (χ4n) is 0.693. The molecule has 0 aromatic heterocycles.